The number of hydrogen-bond acceptors (Lipinski definition) is 2. The zero-order valence-electron chi connectivity index (χ0n) is 11.4. The fourth-order valence-electron chi connectivity index (χ4n) is 2.26. The number of rotatable bonds is 4. The van der Waals surface area contributed by atoms with E-state index in [-0.39, 0.29) is 18.7 Å². The summed E-state index contributed by atoms with van der Waals surface area (Å²) in [5.74, 6) is -0.894. The molecule has 2 atom stereocenters. The summed E-state index contributed by atoms with van der Waals surface area (Å²) < 4.78 is 38.1. The van der Waals surface area contributed by atoms with E-state index in [1.165, 1.54) is 24.3 Å². The van der Waals surface area contributed by atoms with Gasteiger partial charge in [0.05, 0.1) is 12.5 Å². The van der Waals surface area contributed by atoms with Crippen molar-refractivity contribution in [1.82, 2.24) is 10.6 Å². The van der Waals surface area contributed by atoms with E-state index in [1.807, 2.05) is 0 Å². The van der Waals surface area contributed by atoms with Gasteiger partial charge in [-0.25, -0.2) is 0 Å². The van der Waals surface area contributed by atoms with Crippen molar-refractivity contribution in [2.75, 3.05) is 0 Å². The summed E-state index contributed by atoms with van der Waals surface area (Å²) in [5, 5.41) is 5.18. The summed E-state index contributed by atoms with van der Waals surface area (Å²) in [6.45, 7) is 0. The number of benzene rings is 1. The Morgan fingerprint density at radius 2 is 2.00 bits per heavy atom. The molecule has 4 nitrogen and oxygen atoms in total. The molecule has 2 amide bonds. The highest BCUT2D eigenvalue weighted by Gasteiger charge is 2.35. The van der Waals surface area contributed by atoms with Crippen LogP contribution in [0.3, 0.4) is 0 Å². The number of carbonyl (C=O) groups is 2. The first kappa shape index (κ1) is 16.6. The molecular formula is C14H14ClF3N2O2. The van der Waals surface area contributed by atoms with Gasteiger partial charge in [0.1, 0.15) is 6.04 Å². The molecule has 8 heteroatoms. The van der Waals surface area contributed by atoms with Crippen LogP contribution in [0.2, 0.25) is 5.02 Å². The molecule has 22 heavy (non-hydrogen) atoms. The molecule has 0 bridgehead atoms. The maximum atomic E-state index is 12.7. The van der Waals surface area contributed by atoms with Gasteiger partial charge in [-0.3, -0.25) is 9.59 Å². The summed E-state index contributed by atoms with van der Waals surface area (Å²) >= 11 is 5.72. The van der Waals surface area contributed by atoms with Gasteiger partial charge in [0, 0.05) is 11.4 Å². The zero-order valence-corrected chi connectivity index (χ0v) is 12.2. The van der Waals surface area contributed by atoms with Crippen molar-refractivity contribution in [2.45, 2.75) is 37.5 Å². The van der Waals surface area contributed by atoms with Crippen LogP contribution >= 0.6 is 11.6 Å². The SMILES string of the molecule is O=C1CC[C@H](C(=O)NC(CC(F)(F)F)c2ccc(Cl)cc2)N1. The van der Waals surface area contributed by atoms with Crippen LogP contribution in [0.25, 0.3) is 0 Å². The van der Waals surface area contributed by atoms with E-state index in [2.05, 4.69) is 10.6 Å². The smallest absolute Gasteiger partial charge is 0.347 e. The minimum atomic E-state index is -4.43. The van der Waals surface area contributed by atoms with E-state index in [9.17, 15) is 22.8 Å². The summed E-state index contributed by atoms with van der Waals surface area (Å²) in [6, 6.07) is 3.80. The number of halogens is 4. The molecule has 0 aliphatic carbocycles. The van der Waals surface area contributed by atoms with Gasteiger partial charge in [-0.15, -0.1) is 0 Å². The minimum absolute atomic E-state index is 0.197. The van der Waals surface area contributed by atoms with Crippen molar-refractivity contribution >= 4 is 23.4 Å². The third kappa shape index (κ3) is 4.62. The highest BCUT2D eigenvalue weighted by molar-refractivity contribution is 6.30. The van der Waals surface area contributed by atoms with Crippen molar-refractivity contribution in [1.29, 1.82) is 0 Å². The third-order valence-electron chi connectivity index (χ3n) is 3.34. The van der Waals surface area contributed by atoms with Crippen LogP contribution < -0.4 is 10.6 Å². The number of hydrogen-bond donors (Lipinski definition) is 2. The Balaban J connectivity index is 2.12. The number of amides is 2. The Bertz CT molecular complexity index is 560. The maximum absolute atomic E-state index is 12.7. The van der Waals surface area contributed by atoms with Gasteiger partial charge in [0.15, 0.2) is 0 Å². The van der Waals surface area contributed by atoms with Gasteiger partial charge in [-0.05, 0) is 24.1 Å². The molecule has 0 saturated carbocycles. The van der Waals surface area contributed by atoms with Crippen molar-refractivity contribution in [2.24, 2.45) is 0 Å². The molecule has 2 rings (SSSR count). The molecule has 0 radical (unpaired) electrons. The summed E-state index contributed by atoms with van der Waals surface area (Å²) in [6.07, 6.45) is -5.15. The fourth-order valence-corrected chi connectivity index (χ4v) is 2.39. The van der Waals surface area contributed by atoms with Crippen LogP contribution in [0.5, 0.6) is 0 Å². The Hall–Kier alpha value is -1.76. The third-order valence-corrected chi connectivity index (χ3v) is 3.59. The van der Waals surface area contributed by atoms with Crippen LogP contribution in [-0.2, 0) is 9.59 Å². The fraction of sp³-hybridized carbons (Fsp3) is 0.429. The molecule has 1 aromatic carbocycles. The number of alkyl halides is 3. The van der Waals surface area contributed by atoms with Crippen molar-refractivity contribution < 1.29 is 22.8 Å². The quantitative estimate of drug-likeness (QED) is 0.889. The van der Waals surface area contributed by atoms with E-state index in [0.717, 1.165) is 0 Å². The van der Waals surface area contributed by atoms with Gasteiger partial charge < -0.3 is 10.6 Å². The van der Waals surface area contributed by atoms with Gasteiger partial charge in [-0.2, -0.15) is 13.2 Å². The monoisotopic (exact) mass is 334 g/mol. The average molecular weight is 335 g/mol. The summed E-state index contributed by atoms with van der Waals surface area (Å²) in [7, 11) is 0. The van der Waals surface area contributed by atoms with E-state index >= 15 is 0 Å². The first-order valence-corrected chi connectivity index (χ1v) is 7.04. The molecule has 0 spiro atoms. The highest BCUT2D eigenvalue weighted by Crippen LogP contribution is 2.30. The molecule has 1 aromatic rings. The Morgan fingerprint density at radius 1 is 1.36 bits per heavy atom. The molecule has 1 saturated heterocycles. The second-order valence-electron chi connectivity index (χ2n) is 5.09. The van der Waals surface area contributed by atoms with Crippen molar-refractivity contribution in [3.63, 3.8) is 0 Å². The second-order valence-corrected chi connectivity index (χ2v) is 5.53. The summed E-state index contributed by atoms with van der Waals surface area (Å²) in [4.78, 5) is 23.1. The first-order valence-electron chi connectivity index (χ1n) is 6.66. The van der Waals surface area contributed by atoms with Crippen LogP contribution in [0, 0.1) is 0 Å². The largest absolute Gasteiger partial charge is 0.391 e. The molecule has 1 unspecified atom stereocenters. The van der Waals surface area contributed by atoms with E-state index < -0.39 is 30.6 Å². The molecule has 120 valence electrons. The normalized spacial score (nSPS) is 19.6. The van der Waals surface area contributed by atoms with Gasteiger partial charge in [0.2, 0.25) is 11.8 Å². The van der Waals surface area contributed by atoms with E-state index in [1.54, 1.807) is 0 Å². The maximum Gasteiger partial charge on any atom is 0.391 e. The zero-order chi connectivity index (χ0) is 16.3. The molecule has 1 heterocycles. The molecule has 2 N–H and O–H groups in total. The average Bonchev–Trinajstić information content (AvgIpc) is 2.84. The lowest BCUT2D eigenvalue weighted by Gasteiger charge is -2.22. The minimum Gasteiger partial charge on any atom is -0.347 e. The van der Waals surface area contributed by atoms with Gasteiger partial charge >= 0.3 is 6.18 Å². The predicted molar refractivity (Wildman–Crippen MR) is 74.2 cm³/mol. The van der Waals surface area contributed by atoms with E-state index in [0.29, 0.717) is 10.6 Å². The van der Waals surface area contributed by atoms with Crippen molar-refractivity contribution in [3.05, 3.63) is 34.9 Å². The Kier molecular flexibility index (Phi) is 4.95. The van der Waals surface area contributed by atoms with Crippen molar-refractivity contribution in [3.8, 4) is 0 Å². The lowest BCUT2D eigenvalue weighted by molar-refractivity contribution is -0.143. The van der Waals surface area contributed by atoms with E-state index in [4.69, 9.17) is 11.6 Å². The Morgan fingerprint density at radius 3 is 2.50 bits per heavy atom. The molecule has 0 aromatic heterocycles. The molecular weight excluding hydrogens is 321 g/mol. The standard InChI is InChI=1S/C14H14ClF3N2O2/c15-9-3-1-8(2-4-9)11(7-14(16,17)18)20-13(22)10-5-6-12(21)19-10/h1-4,10-11H,5-7H2,(H,19,21)(H,20,22)/t10-,11?/m1/s1. The lowest BCUT2D eigenvalue weighted by Crippen LogP contribution is -2.43. The molecule has 1 fully saturated rings. The van der Waals surface area contributed by atoms with Gasteiger partial charge in [-0.1, -0.05) is 23.7 Å². The predicted octanol–water partition coefficient (Wildman–Crippen LogP) is 2.73. The highest BCUT2D eigenvalue weighted by atomic mass is 35.5. The summed E-state index contributed by atoms with van der Waals surface area (Å²) in [5.41, 5.74) is 0.305. The molecule has 1 aliphatic heterocycles. The molecule has 1 aliphatic rings. The number of carbonyl (C=O) groups excluding carboxylic acids is 2. The number of nitrogens with one attached hydrogen (secondary N) is 2. The second kappa shape index (κ2) is 6.56. The Labute approximate surface area is 130 Å². The lowest BCUT2D eigenvalue weighted by atomic mass is 10.0. The van der Waals surface area contributed by atoms with Crippen LogP contribution in [0.15, 0.2) is 24.3 Å². The van der Waals surface area contributed by atoms with Gasteiger partial charge in [0.25, 0.3) is 0 Å². The van der Waals surface area contributed by atoms with Crippen LogP contribution in [0.1, 0.15) is 30.9 Å². The van der Waals surface area contributed by atoms with Crippen LogP contribution in [-0.4, -0.2) is 24.0 Å². The first-order chi connectivity index (χ1) is 10.2. The topological polar surface area (TPSA) is 58.2 Å². The van der Waals surface area contributed by atoms with Crippen LogP contribution in [0.4, 0.5) is 13.2 Å².